The molecule has 2 rings (SSSR count). The summed E-state index contributed by atoms with van der Waals surface area (Å²) in [4.78, 5) is 11.4. The first-order valence-corrected chi connectivity index (χ1v) is 4.79. The van der Waals surface area contributed by atoms with E-state index in [1.165, 1.54) is 0 Å². The number of ether oxygens (including phenoxy) is 2. The molecule has 0 bridgehead atoms. The molecule has 1 aliphatic heterocycles. The van der Waals surface area contributed by atoms with Gasteiger partial charge in [-0.25, -0.2) is 9.97 Å². The van der Waals surface area contributed by atoms with Crippen molar-refractivity contribution >= 4 is 23.2 Å². The molecule has 0 spiro atoms. The number of hydrogen-bond donors (Lipinski definition) is 0. The molecule has 0 saturated carbocycles. The predicted octanol–water partition coefficient (Wildman–Crippen LogP) is 1.09. The second kappa shape index (κ2) is 4.35. The smallest absolute Gasteiger partial charge is 0.226 e. The molecule has 14 heavy (non-hydrogen) atoms. The summed E-state index contributed by atoms with van der Waals surface area (Å²) in [5.74, 6) is 0.474. The first kappa shape index (κ1) is 10.0. The molecule has 0 unspecified atom stereocenters. The average Bonchev–Trinajstić information content (AvgIpc) is 2.54. The van der Waals surface area contributed by atoms with Gasteiger partial charge in [0.05, 0.1) is 19.6 Å². The quantitative estimate of drug-likeness (QED) is 0.769. The Hall–Kier alpha value is -0.490. The van der Waals surface area contributed by atoms with Crippen LogP contribution in [-0.2, 0) is 15.9 Å². The van der Waals surface area contributed by atoms with Gasteiger partial charge in [0, 0.05) is 0 Å². The number of aromatic nitrogens is 3. The lowest BCUT2D eigenvalue weighted by molar-refractivity contribution is -0.0413. The molecule has 0 N–H and O–H groups in total. The minimum atomic E-state index is -0.301. The lowest BCUT2D eigenvalue weighted by Crippen LogP contribution is -2.14. The van der Waals surface area contributed by atoms with Crippen LogP contribution in [0.1, 0.15) is 5.82 Å². The molecular weight excluding hydrogens is 229 g/mol. The van der Waals surface area contributed by atoms with Gasteiger partial charge in [-0.15, -0.1) is 0 Å². The molecular formula is C7H7Cl2N3O2. The third kappa shape index (κ3) is 2.51. The standard InChI is InChI=1S/C7H7Cl2N3O2/c8-6-10-4(11-7(9)12-6)3-5-13-1-2-14-5/h5H,1-3H2. The van der Waals surface area contributed by atoms with Crippen molar-refractivity contribution < 1.29 is 9.47 Å². The highest BCUT2D eigenvalue weighted by Gasteiger charge is 2.18. The lowest BCUT2D eigenvalue weighted by Gasteiger charge is -2.07. The van der Waals surface area contributed by atoms with Crippen molar-refractivity contribution in [2.75, 3.05) is 13.2 Å². The van der Waals surface area contributed by atoms with Crippen LogP contribution >= 0.6 is 23.2 Å². The summed E-state index contributed by atoms with van der Waals surface area (Å²) in [5.41, 5.74) is 0. The Morgan fingerprint density at radius 2 is 1.64 bits per heavy atom. The van der Waals surface area contributed by atoms with Crippen molar-refractivity contribution in [1.29, 1.82) is 0 Å². The van der Waals surface area contributed by atoms with Crippen LogP contribution in [0, 0.1) is 0 Å². The SMILES string of the molecule is Clc1nc(Cl)nc(CC2OCCO2)n1. The van der Waals surface area contributed by atoms with Crippen molar-refractivity contribution in [3.05, 3.63) is 16.4 Å². The van der Waals surface area contributed by atoms with Crippen LogP contribution in [0.3, 0.4) is 0 Å². The molecule has 0 aliphatic carbocycles. The molecule has 0 amide bonds. The van der Waals surface area contributed by atoms with E-state index in [2.05, 4.69) is 15.0 Å². The Morgan fingerprint density at radius 1 is 1.07 bits per heavy atom. The van der Waals surface area contributed by atoms with E-state index >= 15 is 0 Å². The Bertz CT molecular complexity index is 310. The molecule has 1 saturated heterocycles. The second-order valence-corrected chi connectivity index (χ2v) is 3.34. The van der Waals surface area contributed by atoms with Gasteiger partial charge in [-0.2, -0.15) is 4.98 Å². The molecule has 2 heterocycles. The fraction of sp³-hybridized carbons (Fsp3) is 0.571. The second-order valence-electron chi connectivity index (χ2n) is 2.66. The van der Waals surface area contributed by atoms with Crippen molar-refractivity contribution in [2.24, 2.45) is 0 Å². The largest absolute Gasteiger partial charge is 0.350 e. The molecule has 1 aliphatic rings. The third-order valence-electron chi connectivity index (χ3n) is 1.67. The maximum Gasteiger partial charge on any atom is 0.226 e. The molecule has 0 radical (unpaired) electrons. The van der Waals surface area contributed by atoms with Crippen molar-refractivity contribution in [3.8, 4) is 0 Å². The van der Waals surface area contributed by atoms with Crippen molar-refractivity contribution in [2.45, 2.75) is 12.7 Å². The fourth-order valence-corrected chi connectivity index (χ4v) is 1.53. The molecule has 76 valence electrons. The Morgan fingerprint density at radius 3 is 2.21 bits per heavy atom. The van der Waals surface area contributed by atoms with Gasteiger partial charge in [0.1, 0.15) is 5.82 Å². The zero-order valence-electron chi connectivity index (χ0n) is 7.11. The number of rotatable bonds is 2. The van der Waals surface area contributed by atoms with Crippen LogP contribution in [0.15, 0.2) is 0 Å². The number of nitrogens with zero attached hydrogens (tertiary/aromatic N) is 3. The van der Waals surface area contributed by atoms with Crippen LogP contribution in [0.4, 0.5) is 0 Å². The van der Waals surface area contributed by atoms with E-state index in [9.17, 15) is 0 Å². The Balaban J connectivity index is 2.07. The zero-order chi connectivity index (χ0) is 9.97. The average molecular weight is 236 g/mol. The highest BCUT2D eigenvalue weighted by Crippen LogP contribution is 2.12. The van der Waals surface area contributed by atoms with Gasteiger partial charge in [-0.05, 0) is 23.2 Å². The van der Waals surface area contributed by atoms with E-state index in [-0.39, 0.29) is 16.9 Å². The van der Waals surface area contributed by atoms with E-state index in [0.717, 1.165) is 0 Å². The molecule has 0 aromatic carbocycles. The molecule has 1 aromatic heterocycles. The minimum absolute atomic E-state index is 0.0815. The van der Waals surface area contributed by atoms with Crippen LogP contribution in [0.25, 0.3) is 0 Å². The molecule has 1 fully saturated rings. The molecule has 5 nitrogen and oxygen atoms in total. The molecule has 1 aromatic rings. The lowest BCUT2D eigenvalue weighted by atomic mass is 10.4. The van der Waals surface area contributed by atoms with Gasteiger partial charge >= 0.3 is 0 Å². The van der Waals surface area contributed by atoms with Crippen LogP contribution in [-0.4, -0.2) is 34.5 Å². The normalized spacial score (nSPS) is 17.6. The maximum atomic E-state index is 5.61. The van der Waals surface area contributed by atoms with E-state index in [0.29, 0.717) is 25.5 Å². The van der Waals surface area contributed by atoms with Gasteiger partial charge in [0.25, 0.3) is 0 Å². The summed E-state index contributed by atoms with van der Waals surface area (Å²) in [7, 11) is 0. The summed E-state index contributed by atoms with van der Waals surface area (Å²) in [6, 6.07) is 0. The monoisotopic (exact) mass is 235 g/mol. The van der Waals surface area contributed by atoms with Gasteiger partial charge in [-0.3, -0.25) is 0 Å². The fourth-order valence-electron chi connectivity index (χ4n) is 1.13. The molecule has 0 atom stereocenters. The Kier molecular flexibility index (Phi) is 3.12. The minimum Gasteiger partial charge on any atom is -0.350 e. The number of hydrogen-bond acceptors (Lipinski definition) is 5. The first-order valence-electron chi connectivity index (χ1n) is 4.03. The van der Waals surface area contributed by atoms with Gasteiger partial charge < -0.3 is 9.47 Å². The highest BCUT2D eigenvalue weighted by atomic mass is 35.5. The zero-order valence-corrected chi connectivity index (χ0v) is 8.62. The van der Waals surface area contributed by atoms with Crippen LogP contribution < -0.4 is 0 Å². The van der Waals surface area contributed by atoms with E-state index in [1.54, 1.807) is 0 Å². The third-order valence-corrected chi connectivity index (χ3v) is 2.01. The maximum absolute atomic E-state index is 5.61. The van der Waals surface area contributed by atoms with E-state index < -0.39 is 0 Å². The predicted molar refractivity (Wildman–Crippen MR) is 49.2 cm³/mol. The van der Waals surface area contributed by atoms with Crippen LogP contribution in [0.5, 0.6) is 0 Å². The highest BCUT2D eigenvalue weighted by molar-refractivity contribution is 6.30. The van der Waals surface area contributed by atoms with E-state index in [4.69, 9.17) is 32.7 Å². The van der Waals surface area contributed by atoms with Gasteiger partial charge in [-0.1, -0.05) is 0 Å². The van der Waals surface area contributed by atoms with E-state index in [1.807, 2.05) is 0 Å². The van der Waals surface area contributed by atoms with Gasteiger partial charge in [0.15, 0.2) is 6.29 Å². The van der Waals surface area contributed by atoms with Crippen LogP contribution in [0.2, 0.25) is 10.6 Å². The summed E-state index contributed by atoms with van der Waals surface area (Å²) >= 11 is 11.2. The molecule has 7 heteroatoms. The van der Waals surface area contributed by atoms with Crippen molar-refractivity contribution in [3.63, 3.8) is 0 Å². The summed E-state index contributed by atoms with van der Waals surface area (Å²) in [5, 5.41) is 0.163. The summed E-state index contributed by atoms with van der Waals surface area (Å²) in [6.45, 7) is 1.19. The Labute approximate surface area is 90.4 Å². The van der Waals surface area contributed by atoms with Gasteiger partial charge in [0.2, 0.25) is 10.6 Å². The topological polar surface area (TPSA) is 57.1 Å². The van der Waals surface area contributed by atoms with Crippen molar-refractivity contribution in [1.82, 2.24) is 15.0 Å². The first-order chi connectivity index (χ1) is 6.74. The number of halogens is 2. The summed E-state index contributed by atoms with van der Waals surface area (Å²) in [6.07, 6.45) is 0.131. The summed E-state index contributed by atoms with van der Waals surface area (Å²) < 4.78 is 10.5.